The number of hydrogen-bond acceptors (Lipinski definition) is 0. The molecular formula is C14H8ClF5. The molecule has 0 nitrogen and oxygen atoms in total. The Kier molecular flexibility index (Phi) is 3.99. The van der Waals surface area contributed by atoms with Crippen LogP contribution in [0.25, 0.3) is 0 Å². The third-order valence-electron chi connectivity index (χ3n) is 3.05. The molecular weight excluding hydrogens is 299 g/mol. The van der Waals surface area contributed by atoms with Crippen molar-refractivity contribution in [2.75, 3.05) is 0 Å². The topological polar surface area (TPSA) is 0 Å². The van der Waals surface area contributed by atoms with Crippen LogP contribution in [0.15, 0.2) is 24.3 Å². The first-order valence-corrected chi connectivity index (χ1v) is 5.99. The third kappa shape index (κ3) is 2.38. The van der Waals surface area contributed by atoms with Crippen molar-refractivity contribution in [3.63, 3.8) is 0 Å². The lowest BCUT2D eigenvalue weighted by Gasteiger charge is -2.15. The van der Waals surface area contributed by atoms with Gasteiger partial charge in [-0.1, -0.05) is 30.7 Å². The smallest absolute Gasteiger partial charge is 0.200 e. The molecule has 0 fully saturated rings. The van der Waals surface area contributed by atoms with Crippen LogP contribution < -0.4 is 0 Å². The zero-order valence-corrected chi connectivity index (χ0v) is 10.9. The molecule has 0 amide bonds. The largest absolute Gasteiger partial charge is 0.203 e. The molecule has 106 valence electrons. The first kappa shape index (κ1) is 14.8. The number of hydrogen-bond donors (Lipinski definition) is 0. The third-order valence-corrected chi connectivity index (χ3v) is 3.30. The molecule has 2 aromatic carbocycles. The van der Waals surface area contributed by atoms with E-state index < -0.39 is 40.6 Å². The number of benzene rings is 2. The SMILES string of the molecule is CC(c1ccc(Cl)cc1)c1c(F)c(F)c(F)c(F)c1F. The van der Waals surface area contributed by atoms with Gasteiger partial charge in [0.2, 0.25) is 5.82 Å². The van der Waals surface area contributed by atoms with Crippen LogP contribution >= 0.6 is 11.6 Å². The maximum atomic E-state index is 13.7. The summed E-state index contributed by atoms with van der Waals surface area (Å²) >= 11 is 5.68. The van der Waals surface area contributed by atoms with Crippen LogP contribution in [0.2, 0.25) is 5.02 Å². The Bertz CT molecular complexity index is 623. The van der Waals surface area contributed by atoms with Crippen molar-refractivity contribution in [3.05, 3.63) is 69.5 Å². The summed E-state index contributed by atoms with van der Waals surface area (Å²) in [4.78, 5) is 0. The maximum Gasteiger partial charge on any atom is 0.200 e. The van der Waals surface area contributed by atoms with E-state index in [2.05, 4.69) is 0 Å². The van der Waals surface area contributed by atoms with Crippen molar-refractivity contribution < 1.29 is 22.0 Å². The number of rotatable bonds is 2. The second-order valence-electron chi connectivity index (χ2n) is 4.26. The molecule has 0 aliphatic rings. The molecule has 6 heteroatoms. The quantitative estimate of drug-likeness (QED) is 0.407. The Morgan fingerprint density at radius 2 is 1.15 bits per heavy atom. The van der Waals surface area contributed by atoms with Crippen LogP contribution in [-0.2, 0) is 0 Å². The molecule has 1 unspecified atom stereocenters. The van der Waals surface area contributed by atoms with Gasteiger partial charge in [0, 0.05) is 16.5 Å². The molecule has 0 N–H and O–H groups in total. The van der Waals surface area contributed by atoms with Gasteiger partial charge in [0.15, 0.2) is 23.3 Å². The predicted molar refractivity (Wildman–Crippen MR) is 65.2 cm³/mol. The highest BCUT2D eigenvalue weighted by molar-refractivity contribution is 6.30. The fourth-order valence-corrected chi connectivity index (χ4v) is 2.05. The van der Waals surface area contributed by atoms with Crippen molar-refractivity contribution in [3.8, 4) is 0 Å². The van der Waals surface area contributed by atoms with Gasteiger partial charge in [-0.2, -0.15) is 0 Å². The standard InChI is InChI=1S/C14H8ClF5/c1-6(7-2-4-8(15)5-3-7)9-10(16)12(18)14(20)13(19)11(9)17/h2-6H,1H3. The fraction of sp³-hybridized carbons (Fsp3) is 0.143. The normalized spacial score (nSPS) is 12.6. The minimum Gasteiger partial charge on any atom is -0.203 e. The van der Waals surface area contributed by atoms with Gasteiger partial charge in [0.25, 0.3) is 0 Å². The van der Waals surface area contributed by atoms with Gasteiger partial charge >= 0.3 is 0 Å². The molecule has 1 atom stereocenters. The summed E-state index contributed by atoms with van der Waals surface area (Å²) in [6.07, 6.45) is 0. The van der Waals surface area contributed by atoms with Crippen LogP contribution in [-0.4, -0.2) is 0 Å². The molecule has 2 aromatic rings. The predicted octanol–water partition coefficient (Wildman–Crippen LogP) is 5.19. The van der Waals surface area contributed by atoms with Crippen molar-refractivity contribution >= 4 is 11.6 Å². The van der Waals surface area contributed by atoms with E-state index in [-0.39, 0.29) is 0 Å². The molecule has 0 radical (unpaired) electrons. The first-order chi connectivity index (χ1) is 9.34. The summed E-state index contributed by atoms with van der Waals surface area (Å²) in [5.41, 5.74) is -0.471. The lowest BCUT2D eigenvalue weighted by molar-refractivity contribution is 0.368. The Morgan fingerprint density at radius 3 is 1.60 bits per heavy atom. The van der Waals surface area contributed by atoms with Crippen molar-refractivity contribution in [2.24, 2.45) is 0 Å². The lowest BCUT2D eigenvalue weighted by atomic mass is 9.92. The molecule has 0 aliphatic carbocycles. The van der Waals surface area contributed by atoms with Crippen LogP contribution in [0, 0.1) is 29.1 Å². The van der Waals surface area contributed by atoms with Crippen LogP contribution in [0.3, 0.4) is 0 Å². The van der Waals surface area contributed by atoms with E-state index in [1.165, 1.54) is 31.2 Å². The highest BCUT2D eigenvalue weighted by Gasteiger charge is 2.29. The summed E-state index contributed by atoms with van der Waals surface area (Å²) in [5, 5.41) is 0.401. The Labute approximate surface area is 116 Å². The Morgan fingerprint density at radius 1 is 0.750 bits per heavy atom. The summed E-state index contributed by atoms with van der Waals surface area (Å²) in [7, 11) is 0. The van der Waals surface area contributed by atoms with Gasteiger partial charge in [-0.25, -0.2) is 22.0 Å². The molecule has 0 saturated heterocycles. The minimum absolute atomic E-state index is 0.387. The van der Waals surface area contributed by atoms with E-state index in [0.29, 0.717) is 10.6 Å². The average Bonchev–Trinajstić information content (AvgIpc) is 2.44. The van der Waals surface area contributed by atoms with E-state index >= 15 is 0 Å². The van der Waals surface area contributed by atoms with Crippen molar-refractivity contribution in [2.45, 2.75) is 12.8 Å². The zero-order valence-electron chi connectivity index (χ0n) is 10.2. The van der Waals surface area contributed by atoms with Crippen molar-refractivity contribution in [1.29, 1.82) is 0 Å². The van der Waals surface area contributed by atoms with Gasteiger partial charge in [-0.15, -0.1) is 0 Å². The molecule has 0 aromatic heterocycles. The highest BCUT2D eigenvalue weighted by atomic mass is 35.5. The molecule has 0 bridgehead atoms. The van der Waals surface area contributed by atoms with E-state index in [9.17, 15) is 22.0 Å². The van der Waals surface area contributed by atoms with Crippen molar-refractivity contribution in [1.82, 2.24) is 0 Å². The number of halogens is 6. The van der Waals surface area contributed by atoms with Crippen LogP contribution in [0.1, 0.15) is 24.0 Å². The summed E-state index contributed by atoms with van der Waals surface area (Å²) in [5.74, 6) is -10.7. The molecule has 0 aliphatic heterocycles. The minimum atomic E-state index is -2.16. The molecule has 0 heterocycles. The van der Waals surface area contributed by atoms with Gasteiger partial charge < -0.3 is 0 Å². The molecule has 0 spiro atoms. The molecule has 20 heavy (non-hydrogen) atoms. The monoisotopic (exact) mass is 306 g/mol. The summed E-state index contributed by atoms with van der Waals surface area (Å²) in [6.45, 7) is 1.35. The second-order valence-corrected chi connectivity index (χ2v) is 4.69. The van der Waals surface area contributed by atoms with Crippen LogP contribution in [0.5, 0.6) is 0 Å². The van der Waals surface area contributed by atoms with E-state index in [4.69, 9.17) is 11.6 Å². The Balaban J connectivity index is 2.60. The van der Waals surface area contributed by atoms with Gasteiger partial charge in [0.1, 0.15) is 0 Å². The van der Waals surface area contributed by atoms with E-state index in [1.807, 2.05) is 0 Å². The van der Waals surface area contributed by atoms with Gasteiger partial charge in [0.05, 0.1) is 0 Å². The van der Waals surface area contributed by atoms with E-state index in [1.54, 1.807) is 0 Å². The van der Waals surface area contributed by atoms with Gasteiger partial charge in [-0.05, 0) is 17.7 Å². The average molecular weight is 307 g/mol. The Hall–Kier alpha value is -1.62. The fourth-order valence-electron chi connectivity index (χ4n) is 1.92. The highest BCUT2D eigenvalue weighted by Crippen LogP contribution is 2.33. The zero-order chi connectivity index (χ0) is 15.0. The lowest BCUT2D eigenvalue weighted by Crippen LogP contribution is -2.10. The second kappa shape index (κ2) is 5.40. The maximum absolute atomic E-state index is 13.7. The van der Waals surface area contributed by atoms with E-state index in [0.717, 1.165) is 0 Å². The van der Waals surface area contributed by atoms with Crippen LogP contribution in [0.4, 0.5) is 22.0 Å². The molecule has 0 saturated carbocycles. The first-order valence-electron chi connectivity index (χ1n) is 5.61. The molecule has 2 rings (SSSR count). The summed E-state index contributed by atoms with van der Waals surface area (Å²) in [6, 6.07) is 5.87. The summed E-state index contributed by atoms with van der Waals surface area (Å²) < 4.78 is 66.6. The van der Waals surface area contributed by atoms with Gasteiger partial charge in [-0.3, -0.25) is 0 Å².